The van der Waals surface area contributed by atoms with Crippen molar-refractivity contribution in [2.75, 3.05) is 5.32 Å². The summed E-state index contributed by atoms with van der Waals surface area (Å²) < 4.78 is 30.1. The van der Waals surface area contributed by atoms with Crippen molar-refractivity contribution < 1.29 is 18.4 Å². The molecule has 10 heteroatoms. The number of rotatable bonds is 5. The number of nitrogens with two attached hydrogens (primary N) is 1. The molecule has 7 nitrogen and oxygen atoms in total. The highest BCUT2D eigenvalue weighted by atomic mass is 32.1. The number of anilines is 1. The van der Waals surface area contributed by atoms with Crippen molar-refractivity contribution in [3.63, 3.8) is 0 Å². The van der Waals surface area contributed by atoms with E-state index in [2.05, 4.69) is 15.4 Å². The molecule has 4 aromatic rings. The van der Waals surface area contributed by atoms with Crippen LogP contribution in [0.1, 0.15) is 40.8 Å². The standard InChI is InChI=1S/C26H23F2N5O2S/c1-13-7-8-33-21(24(26(29)35)25(32-33)15-3-5-18(27)19(28)9-15)10-16(13)11-23(34)31-17-4-6-22-20(12-17)30-14(2)36-22/h3-6,9,12H,7-8,10-11H2,1-2H3,(H2,29,35)(H,31,34). The van der Waals surface area contributed by atoms with Crippen molar-refractivity contribution in [2.45, 2.75) is 39.7 Å². The molecule has 1 aliphatic heterocycles. The minimum Gasteiger partial charge on any atom is -0.365 e. The first-order valence-corrected chi connectivity index (χ1v) is 12.2. The lowest BCUT2D eigenvalue weighted by Crippen LogP contribution is -2.17. The Morgan fingerprint density at radius 1 is 1.14 bits per heavy atom. The number of thiazole rings is 1. The minimum absolute atomic E-state index is 0.129. The van der Waals surface area contributed by atoms with E-state index in [1.807, 2.05) is 32.0 Å². The molecule has 0 aliphatic carbocycles. The quantitative estimate of drug-likeness (QED) is 0.365. The maximum absolute atomic E-state index is 13.9. The number of aromatic nitrogens is 3. The first-order chi connectivity index (χ1) is 17.2. The fraction of sp³-hybridized carbons (Fsp3) is 0.231. The molecule has 0 spiro atoms. The van der Waals surface area contributed by atoms with Gasteiger partial charge in [0.2, 0.25) is 5.91 Å². The number of amides is 2. The molecule has 0 atom stereocenters. The SMILES string of the molecule is CC1=C(CC(=O)Nc2ccc3sc(C)nc3c2)Cc2c(C(N)=O)c(-c3ccc(F)c(F)c3)nn2CC1. The number of halogens is 2. The van der Waals surface area contributed by atoms with Gasteiger partial charge in [0.15, 0.2) is 11.6 Å². The van der Waals surface area contributed by atoms with Gasteiger partial charge in [0.1, 0.15) is 5.69 Å². The first-order valence-electron chi connectivity index (χ1n) is 11.4. The Hall–Kier alpha value is -3.92. The van der Waals surface area contributed by atoms with Crippen molar-refractivity contribution in [3.05, 3.63) is 75.4 Å². The molecule has 2 aromatic carbocycles. The Bertz CT molecular complexity index is 1570. The molecule has 0 radical (unpaired) electrons. The lowest BCUT2D eigenvalue weighted by Gasteiger charge is -2.11. The second-order valence-electron chi connectivity index (χ2n) is 8.84. The number of nitrogens with one attached hydrogen (secondary N) is 1. The maximum atomic E-state index is 13.9. The summed E-state index contributed by atoms with van der Waals surface area (Å²) in [5, 5.41) is 8.40. The van der Waals surface area contributed by atoms with Crippen molar-refractivity contribution in [2.24, 2.45) is 5.73 Å². The van der Waals surface area contributed by atoms with Gasteiger partial charge in [-0.1, -0.05) is 11.1 Å². The Morgan fingerprint density at radius 2 is 1.94 bits per heavy atom. The van der Waals surface area contributed by atoms with Crippen LogP contribution in [0.4, 0.5) is 14.5 Å². The average molecular weight is 508 g/mol. The molecule has 1 aliphatic rings. The van der Waals surface area contributed by atoms with Crippen LogP contribution in [0.5, 0.6) is 0 Å². The zero-order valence-electron chi connectivity index (χ0n) is 19.7. The largest absolute Gasteiger partial charge is 0.365 e. The summed E-state index contributed by atoms with van der Waals surface area (Å²) in [7, 11) is 0. The molecular weight excluding hydrogens is 484 g/mol. The van der Waals surface area contributed by atoms with Gasteiger partial charge in [0.05, 0.1) is 26.5 Å². The molecule has 184 valence electrons. The van der Waals surface area contributed by atoms with Gasteiger partial charge in [-0.15, -0.1) is 11.3 Å². The van der Waals surface area contributed by atoms with Gasteiger partial charge in [-0.25, -0.2) is 13.8 Å². The van der Waals surface area contributed by atoms with E-state index in [1.54, 1.807) is 16.0 Å². The van der Waals surface area contributed by atoms with Crippen LogP contribution < -0.4 is 11.1 Å². The molecule has 5 rings (SSSR count). The van der Waals surface area contributed by atoms with Gasteiger partial charge >= 0.3 is 0 Å². The lowest BCUT2D eigenvalue weighted by atomic mass is 9.96. The second kappa shape index (κ2) is 9.27. The normalized spacial score (nSPS) is 13.6. The van der Waals surface area contributed by atoms with E-state index in [0.29, 0.717) is 30.8 Å². The topological polar surface area (TPSA) is 103 Å². The summed E-state index contributed by atoms with van der Waals surface area (Å²) in [6, 6.07) is 8.98. The molecule has 0 saturated heterocycles. The summed E-state index contributed by atoms with van der Waals surface area (Å²) in [5.41, 5.74) is 10.3. The third kappa shape index (κ3) is 4.51. The monoisotopic (exact) mass is 507 g/mol. The smallest absolute Gasteiger partial charge is 0.252 e. The fourth-order valence-corrected chi connectivity index (χ4v) is 5.31. The highest BCUT2D eigenvalue weighted by Gasteiger charge is 2.27. The molecule has 0 fully saturated rings. The summed E-state index contributed by atoms with van der Waals surface area (Å²) in [6.45, 7) is 4.36. The summed E-state index contributed by atoms with van der Waals surface area (Å²) >= 11 is 1.59. The van der Waals surface area contributed by atoms with Gasteiger partial charge < -0.3 is 11.1 Å². The third-order valence-corrected chi connectivity index (χ3v) is 7.28. The number of hydrogen-bond donors (Lipinski definition) is 2. The predicted molar refractivity (Wildman–Crippen MR) is 135 cm³/mol. The van der Waals surface area contributed by atoms with Crippen molar-refractivity contribution in [3.8, 4) is 11.3 Å². The second-order valence-corrected chi connectivity index (χ2v) is 10.1. The molecular formula is C26H23F2N5O2S. The van der Waals surface area contributed by atoms with E-state index >= 15 is 0 Å². The van der Waals surface area contributed by atoms with Crippen LogP contribution in [0.25, 0.3) is 21.5 Å². The van der Waals surface area contributed by atoms with E-state index < -0.39 is 17.5 Å². The molecule has 0 saturated carbocycles. The Morgan fingerprint density at radius 3 is 2.69 bits per heavy atom. The maximum Gasteiger partial charge on any atom is 0.252 e. The van der Waals surface area contributed by atoms with Crippen molar-refractivity contribution in [1.29, 1.82) is 0 Å². The van der Waals surface area contributed by atoms with Crippen LogP contribution in [0.3, 0.4) is 0 Å². The first kappa shape index (κ1) is 23.8. The number of hydrogen-bond acceptors (Lipinski definition) is 5. The summed E-state index contributed by atoms with van der Waals surface area (Å²) in [5.74, 6) is -2.93. The highest BCUT2D eigenvalue weighted by Crippen LogP contribution is 2.32. The molecule has 2 aromatic heterocycles. The number of carbonyl (C=O) groups is 2. The third-order valence-electron chi connectivity index (χ3n) is 6.33. The molecule has 36 heavy (non-hydrogen) atoms. The number of nitrogens with zero attached hydrogens (tertiary/aromatic N) is 3. The van der Waals surface area contributed by atoms with Gasteiger partial charge in [0, 0.05) is 30.6 Å². The van der Waals surface area contributed by atoms with E-state index in [-0.39, 0.29) is 29.1 Å². The lowest BCUT2D eigenvalue weighted by molar-refractivity contribution is -0.115. The van der Waals surface area contributed by atoms with Crippen LogP contribution in [-0.2, 0) is 17.8 Å². The zero-order valence-corrected chi connectivity index (χ0v) is 20.5. The van der Waals surface area contributed by atoms with Crippen LogP contribution in [0.15, 0.2) is 47.5 Å². The number of fused-ring (bicyclic) bond motifs is 2. The van der Waals surface area contributed by atoms with Gasteiger partial charge in [-0.3, -0.25) is 14.3 Å². The molecule has 0 unspecified atom stereocenters. The van der Waals surface area contributed by atoms with E-state index in [9.17, 15) is 18.4 Å². The zero-order chi connectivity index (χ0) is 25.6. The summed E-state index contributed by atoms with van der Waals surface area (Å²) in [6.07, 6.45) is 1.04. The highest BCUT2D eigenvalue weighted by molar-refractivity contribution is 7.18. The number of allylic oxidation sites excluding steroid dienone is 1. The van der Waals surface area contributed by atoms with E-state index in [4.69, 9.17) is 5.73 Å². The minimum atomic E-state index is -1.04. The Kier molecular flexibility index (Phi) is 6.13. The molecule has 3 N–H and O–H groups in total. The van der Waals surface area contributed by atoms with Crippen LogP contribution in [0, 0.1) is 18.6 Å². The number of carbonyl (C=O) groups excluding carboxylic acids is 2. The Labute approximate surface area is 209 Å². The van der Waals surface area contributed by atoms with E-state index in [0.717, 1.165) is 38.5 Å². The van der Waals surface area contributed by atoms with Crippen molar-refractivity contribution >= 4 is 39.1 Å². The van der Waals surface area contributed by atoms with Crippen LogP contribution >= 0.6 is 11.3 Å². The van der Waals surface area contributed by atoms with Gasteiger partial charge in [0.25, 0.3) is 5.91 Å². The van der Waals surface area contributed by atoms with Gasteiger partial charge in [-0.05, 0) is 56.7 Å². The Balaban J connectivity index is 1.42. The van der Waals surface area contributed by atoms with Crippen LogP contribution in [0.2, 0.25) is 0 Å². The number of benzene rings is 2. The van der Waals surface area contributed by atoms with Gasteiger partial charge in [-0.2, -0.15) is 5.10 Å². The predicted octanol–water partition coefficient (Wildman–Crippen LogP) is 5.14. The number of primary amides is 1. The average Bonchev–Trinajstić information content (AvgIpc) is 3.33. The fourth-order valence-electron chi connectivity index (χ4n) is 4.50. The van der Waals surface area contributed by atoms with Crippen molar-refractivity contribution in [1.82, 2.24) is 14.8 Å². The number of aryl methyl sites for hydroxylation is 2. The molecule has 3 heterocycles. The molecule has 0 bridgehead atoms. The summed E-state index contributed by atoms with van der Waals surface area (Å²) in [4.78, 5) is 29.9. The molecule has 2 amide bonds. The van der Waals surface area contributed by atoms with Crippen LogP contribution in [-0.4, -0.2) is 26.6 Å². The van der Waals surface area contributed by atoms with E-state index in [1.165, 1.54) is 6.07 Å².